The van der Waals surface area contributed by atoms with Crippen molar-refractivity contribution in [1.82, 2.24) is 0 Å². The number of esters is 1. The highest BCUT2D eigenvalue weighted by molar-refractivity contribution is 5.93. The van der Waals surface area contributed by atoms with Gasteiger partial charge in [0.15, 0.2) is 17.1 Å². The Morgan fingerprint density at radius 3 is 2.45 bits per heavy atom. The lowest BCUT2D eigenvalue weighted by Crippen LogP contribution is -2.14. The van der Waals surface area contributed by atoms with Crippen molar-refractivity contribution < 1.29 is 24.2 Å². The fourth-order valence-electron chi connectivity index (χ4n) is 1.99. The van der Waals surface area contributed by atoms with E-state index in [9.17, 15) is 19.8 Å². The molecular weight excluding hydrogens is 288 g/mol. The van der Waals surface area contributed by atoms with Gasteiger partial charge in [0.2, 0.25) is 0 Å². The lowest BCUT2D eigenvalue weighted by atomic mass is 10.2. The van der Waals surface area contributed by atoms with Crippen LogP contribution in [-0.4, -0.2) is 16.2 Å². The van der Waals surface area contributed by atoms with Gasteiger partial charge in [-0.05, 0) is 24.3 Å². The molecule has 0 radical (unpaired) electrons. The maximum atomic E-state index is 12.0. The number of hydrogen-bond acceptors (Lipinski definition) is 6. The van der Waals surface area contributed by atoms with E-state index in [-0.39, 0.29) is 22.3 Å². The molecule has 2 N–H and O–H groups in total. The Bertz CT molecular complexity index is 911. The highest BCUT2D eigenvalue weighted by Gasteiger charge is 2.20. The van der Waals surface area contributed by atoms with Gasteiger partial charge in [-0.2, -0.15) is 0 Å². The number of fused-ring (bicyclic) bond motifs is 1. The molecule has 0 aliphatic rings. The SMILES string of the molecule is O=C(Oc1c(O)c2cccc(O)c2oc1=O)c1ccccc1. The molecule has 0 aliphatic carbocycles. The van der Waals surface area contributed by atoms with Gasteiger partial charge in [0.25, 0.3) is 5.75 Å². The topological polar surface area (TPSA) is 97.0 Å². The van der Waals surface area contributed by atoms with E-state index in [2.05, 4.69) is 0 Å². The molecule has 0 spiro atoms. The summed E-state index contributed by atoms with van der Waals surface area (Å²) < 4.78 is 9.83. The number of ether oxygens (including phenoxy) is 1. The summed E-state index contributed by atoms with van der Waals surface area (Å²) in [6, 6.07) is 12.2. The van der Waals surface area contributed by atoms with Crippen molar-refractivity contribution in [3.63, 3.8) is 0 Å². The van der Waals surface area contributed by atoms with Crippen LogP contribution >= 0.6 is 0 Å². The van der Waals surface area contributed by atoms with Crippen LogP contribution in [-0.2, 0) is 0 Å². The summed E-state index contributed by atoms with van der Waals surface area (Å²) in [4.78, 5) is 23.8. The number of benzene rings is 2. The van der Waals surface area contributed by atoms with Crippen LogP contribution in [0.4, 0.5) is 0 Å². The third kappa shape index (κ3) is 2.26. The van der Waals surface area contributed by atoms with Crippen molar-refractivity contribution in [3.05, 3.63) is 64.5 Å². The molecule has 0 aliphatic heterocycles. The fourth-order valence-corrected chi connectivity index (χ4v) is 1.99. The predicted octanol–water partition coefficient (Wildman–Crippen LogP) is 2.42. The first-order valence-electron chi connectivity index (χ1n) is 6.33. The molecule has 0 bridgehead atoms. The lowest BCUT2D eigenvalue weighted by Gasteiger charge is -2.07. The third-order valence-electron chi connectivity index (χ3n) is 3.05. The predicted molar refractivity (Wildman–Crippen MR) is 77.2 cm³/mol. The van der Waals surface area contributed by atoms with Gasteiger partial charge in [-0.25, -0.2) is 9.59 Å². The van der Waals surface area contributed by atoms with E-state index in [0.717, 1.165) is 0 Å². The molecule has 0 atom stereocenters. The second kappa shape index (κ2) is 5.25. The molecule has 110 valence electrons. The molecule has 0 amide bonds. The molecule has 1 heterocycles. The number of phenolic OH excluding ortho intramolecular Hbond substituents is 1. The number of para-hydroxylation sites is 1. The minimum Gasteiger partial charge on any atom is -0.504 e. The first kappa shape index (κ1) is 13.7. The van der Waals surface area contributed by atoms with Gasteiger partial charge in [0.1, 0.15) is 0 Å². The quantitative estimate of drug-likeness (QED) is 0.557. The molecular formula is C16H10O6. The Kier molecular flexibility index (Phi) is 3.27. The van der Waals surface area contributed by atoms with Crippen LogP contribution in [0, 0.1) is 0 Å². The summed E-state index contributed by atoms with van der Waals surface area (Å²) in [5.41, 5.74) is -1.02. The summed E-state index contributed by atoms with van der Waals surface area (Å²) in [6.07, 6.45) is 0. The van der Waals surface area contributed by atoms with Gasteiger partial charge in [-0.15, -0.1) is 0 Å². The van der Waals surface area contributed by atoms with Crippen molar-refractivity contribution in [2.24, 2.45) is 0 Å². The third-order valence-corrected chi connectivity index (χ3v) is 3.05. The second-order valence-electron chi connectivity index (χ2n) is 4.48. The Labute approximate surface area is 123 Å². The minimum absolute atomic E-state index is 0.0652. The molecule has 2 aromatic carbocycles. The molecule has 3 rings (SSSR count). The molecule has 6 nitrogen and oxygen atoms in total. The standard InChI is InChI=1S/C16H10O6/c17-11-8-4-7-10-12(18)14(16(20)21-13(10)11)22-15(19)9-5-2-1-3-6-9/h1-8,17-18H. The van der Waals surface area contributed by atoms with Crippen LogP contribution in [0.5, 0.6) is 17.2 Å². The largest absolute Gasteiger partial charge is 0.504 e. The highest BCUT2D eigenvalue weighted by Crippen LogP contribution is 2.35. The molecule has 0 unspecified atom stereocenters. The van der Waals surface area contributed by atoms with Gasteiger partial charge in [0.05, 0.1) is 10.9 Å². The zero-order valence-electron chi connectivity index (χ0n) is 11.1. The van der Waals surface area contributed by atoms with E-state index in [1.165, 1.54) is 30.3 Å². The first-order chi connectivity index (χ1) is 10.6. The lowest BCUT2D eigenvalue weighted by molar-refractivity contribution is 0.0723. The molecule has 3 aromatic rings. The molecule has 22 heavy (non-hydrogen) atoms. The number of rotatable bonds is 2. The van der Waals surface area contributed by atoms with Crippen molar-refractivity contribution in [1.29, 1.82) is 0 Å². The highest BCUT2D eigenvalue weighted by atomic mass is 16.6. The Balaban J connectivity index is 2.08. The number of hydrogen-bond donors (Lipinski definition) is 2. The van der Waals surface area contributed by atoms with Gasteiger partial charge in [0, 0.05) is 0 Å². The van der Waals surface area contributed by atoms with Crippen LogP contribution in [0.15, 0.2) is 57.7 Å². The number of carbonyl (C=O) groups excluding carboxylic acids is 1. The van der Waals surface area contributed by atoms with Gasteiger partial charge in [-0.1, -0.05) is 24.3 Å². The maximum Gasteiger partial charge on any atom is 0.383 e. The summed E-state index contributed by atoms with van der Waals surface area (Å²) >= 11 is 0. The van der Waals surface area contributed by atoms with Crippen LogP contribution in [0.1, 0.15) is 10.4 Å². The maximum absolute atomic E-state index is 12.0. The van der Waals surface area contributed by atoms with E-state index in [4.69, 9.17) is 9.15 Å². The normalized spacial score (nSPS) is 10.5. The van der Waals surface area contributed by atoms with Crippen LogP contribution < -0.4 is 10.4 Å². The van der Waals surface area contributed by atoms with Crippen molar-refractivity contribution in [2.45, 2.75) is 0 Å². The molecule has 1 aromatic heterocycles. The Hall–Kier alpha value is -3.28. The zero-order valence-corrected chi connectivity index (χ0v) is 11.1. The van der Waals surface area contributed by atoms with Gasteiger partial charge < -0.3 is 19.4 Å². The molecule has 0 saturated carbocycles. The summed E-state index contributed by atoms with van der Waals surface area (Å²) in [6.45, 7) is 0. The van der Waals surface area contributed by atoms with Gasteiger partial charge in [-0.3, -0.25) is 0 Å². The zero-order chi connectivity index (χ0) is 15.7. The van der Waals surface area contributed by atoms with Crippen LogP contribution in [0.3, 0.4) is 0 Å². The second-order valence-corrected chi connectivity index (χ2v) is 4.48. The Morgan fingerprint density at radius 2 is 1.73 bits per heavy atom. The smallest absolute Gasteiger partial charge is 0.383 e. The van der Waals surface area contributed by atoms with Crippen LogP contribution in [0.25, 0.3) is 11.0 Å². The molecule has 6 heteroatoms. The van der Waals surface area contributed by atoms with E-state index in [1.54, 1.807) is 18.2 Å². The van der Waals surface area contributed by atoms with Crippen molar-refractivity contribution in [2.75, 3.05) is 0 Å². The monoisotopic (exact) mass is 298 g/mol. The van der Waals surface area contributed by atoms with E-state index >= 15 is 0 Å². The first-order valence-corrected chi connectivity index (χ1v) is 6.33. The Morgan fingerprint density at radius 1 is 1.00 bits per heavy atom. The number of carbonyl (C=O) groups is 1. The summed E-state index contributed by atoms with van der Waals surface area (Å²) in [7, 11) is 0. The van der Waals surface area contributed by atoms with E-state index in [0.29, 0.717) is 0 Å². The summed E-state index contributed by atoms with van der Waals surface area (Å²) in [5, 5.41) is 19.8. The summed E-state index contributed by atoms with van der Waals surface area (Å²) in [5.74, 6) is -2.29. The fraction of sp³-hybridized carbons (Fsp3) is 0. The molecule has 0 fully saturated rings. The average molecular weight is 298 g/mol. The van der Waals surface area contributed by atoms with E-state index in [1.807, 2.05) is 0 Å². The molecule has 0 saturated heterocycles. The number of aromatic hydroxyl groups is 2. The average Bonchev–Trinajstić information content (AvgIpc) is 2.53. The number of phenols is 1. The van der Waals surface area contributed by atoms with Crippen molar-refractivity contribution >= 4 is 16.9 Å². The minimum atomic E-state index is -1.06. The van der Waals surface area contributed by atoms with Crippen LogP contribution in [0.2, 0.25) is 0 Å². The van der Waals surface area contributed by atoms with Crippen molar-refractivity contribution in [3.8, 4) is 17.2 Å². The van der Waals surface area contributed by atoms with E-state index < -0.39 is 23.1 Å². The van der Waals surface area contributed by atoms with Gasteiger partial charge >= 0.3 is 11.6 Å².